The fraction of sp³-hybridized carbons (Fsp3) is 0.814. The van der Waals surface area contributed by atoms with Gasteiger partial charge in [-0.2, -0.15) is 0 Å². The molecule has 7 unspecified atom stereocenters. The molecule has 1 fully saturated rings. The first-order valence-electron chi connectivity index (χ1n) is 28.5. The number of carbonyl (C=O) groups is 1. The van der Waals surface area contributed by atoms with Crippen LogP contribution in [0.25, 0.3) is 0 Å². The molecule has 9 heteroatoms. The van der Waals surface area contributed by atoms with Crippen molar-refractivity contribution in [3.63, 3.8) is 0 Å². The minimum absolute atomic E-state index is 0.138. The Balaban J connectivity index is 1.96. The Labute approximate surface area is 417 Å². The minimum atomic E-state index is -1.55. The highest BCUT2D eigenvalue weighted by Gasteiger charge is 2.44. The van der Waals surface area contributed by atoms with Crippen molar-refractivity contribution >= 4 is 5.91 Å². The summed E-state index contributed by atoms with van der Waals surface area (Å²) in [4.78, 5) is 12.9. The molecule has 1 rings (SSSR count). The summed E-state index contributed by atoms with van der Waals surface area (Å²) in [5.41, 5.74) is 0. The van der Waals surface area contributed by atoms with E-state index >= 15 is 0 Å². The molecule has 396 valence electrons. The van der Waals surface area contributed by atoms with Crippen molar-refractivity contribution in [2.24, 2.45) is 0 Å². The van der Waals surface area contributed by atoms with Crippen LogP contribution in [0.15, 0.2) is 60.8 Å². The molecule has 0 aromatic heterocycles. The number of carbonyl (C=O) groups excluding carboxylic acids is 1. The maximum Gasteiger partial charge on any atom is 0.220 e. The average Bonchev–Trinajstić information content (AvgIpc) is 3.34. The number of aliphatic hydroxyl groups is 5. The first kappa shape index (κ1) is 63.9. The van der Waals surface area contributed by atoms with Crippen molar-refractivity contribution < 1.29 is 39.8 Å². The van der Waals surface area contributed by atoms with Gasteiger partial charge < -0.3 is 40.3 Å². The second-order valence-electron chi connectivity index (χ2n) is 19.7. The molecule has 68 heavy (non-hydrogen) atoms. The minimum Gasteiger partial charge on any atom is -0.394 e. The van der Waals surface area contributed by atoms with Crippen molar-refractivity contribution in [3.05, 3.63) is 60.8 Å². The van der Waals surface area contributed by atoms with Crippen LogP contribution >= 0.6 is 0 Å². The first-order valence-corrected chi connectivity index (χ1v) is 28.5. The maximum absolute atomic E-state index is 12.9. The molecular weight excluding hydrogens is 851 g/mol. The van der Waals surface area contributed by atoms with E-state index in [4.69, 9.17) is 9.47 Å². The third kappa shape index (κ3) is 37.7. The number of hydrogen-bond acceptors (Lipinski definition) is 8. The predicted molar refractivity (Wildman–Crippen MR) is 286 cm³/mol. The zero-order valence-corrected chi connectivity index (χ0v) is 43.9. The Kier molecular flexibility index (Phi) is 45.6. The lowest BCUT2D eigenvalue weighted by Crippen LogP contribution is -2.60. The quantitative estimate of drug-likeness (QED) is 0.0261. The summed E-state index contributed by atoms with van der Waals surface area (Å²) in [5, 5.41) is 54.1. The predicted octanol–water partition coefficient (Wildman–Crippen LogP) is 13.9. The van der Waals surface area contributed by atoms with Gasteiger partial charge in [0.2, 0.25) is 5.91 Å². The summed E-state index contributed by atoms with van der Waals surface area (Å²) < 4.78 is 11.2. The smallest absolute Gasteiger partial charge is 0.220 e. The third-order valence-corrected chi connectivity index (χ3v) is 13.4. The van der Waals surface area contributed by atoms with E-state index in [0.29, 0.717) is 12.8 Å². The summed E-state index contributed by atoms with van der Waals surface area (Å²) in [7, 11) is 0. The molecule has 0 saturated carbocycles. The van der Waals surface area contributed by atoms with Crippen LogP contribution in [0.1, 0.15) is 251 Å². The normalized spacial score (nSPS) is 20.0. The Morgan fingerprint density at radius 3 is 1.35 bits per heavy atom. The van der Waals surface area contributed by atoms with E-state index in [2.05, 4.69) is 79.9 Å². The van der Waals surface area contributed by atoms with E-state index < -0.39 is 49.5 Å². The molecular formula is C59H107NO8. The standard InChI is InChI=1S/C59H107NO8/c1-3-5-7-9-11-12-13-14-15-16-17-18-19-20-21-22-23-24-25-26-27-28-29-30-31-32-33-34-35-36-37-38-39-40-41-42-43-45-47-49-55(63)60-52(53(62)48-46-44-10-8-6-4-2)51-67-59-58(66)57(65)56(64)54(50-61)68-59/h5,7,11-12,14-15,17-18,20-21,52-54,56-59,61-62,64-66H,3-4,6,8-10,13,16,19,22-51H2,1-2H3,(H,60,63)/b7-5-,12-11-,15-14-,18-17-,21-20-. The molecule has 0 aliphatic carbocycles. The Morgan fingerprint density at radius 1 is 0.515 bits per heavy atom. The van der Waals surface area contributed by atoms with Crippen LogP contribution in [-0.4, -0.2) is 87.5 Å². The zero-order valence-electron chi connectivity index (χ0n) is 43.9. The number of amides is 1. The van der Waals surface area contributed by atoms with Crippen LogP contribution in [0.4, 0.5) is 0 Å². The molecule has 7 atom stereocenters. The van der Waals surface area contributed by atoms with Gasteiger partial charge in [0.05, 0.1) is 25.4 Å². The summed E-state index contributed by atoms with van der Waals surface area (Å²) in [6.07, 6.45) is 59.0. The largest absolute Gasteiger partial charge is 0.394 e. The van der Waals surface area contributed by atoms with Crippen LogP contribution in [0.2, 0.25) is 0 Å². The Bertz CT molecular complexity index is 1250. The van der Waals surface area contributed by atoms with E-state index in [-0.39, 0.29) is 12.5 Å². The molecule has 1 saturated heterocycles. The zero-order chi connectivity index (χ0) is 49.4. The topological polar surface area (TPSA) is 149 Å². The Morgan fingerprint density at radius 2 is 0.912 bits per heavy atom. The van der Waals surface area contributed by atoms with E-state index in [9.17, 15) is 30.3 Å². The number of rotatable bonds is 48. The van der Waals surface area contributed by atoms with Gasteiger partial charge in [0.1, 0.15) is 24.4 Å². The number of aliphatic hydroxyl groups excluding tert-OH is 5. The van der Waals surface area contributed by atoms with Gasteiger partial charge in [-0.25, -0.2) is 0 Å². The van der Waals surface area contributed by atoms with Gasteiger partial charge in [-0.3, -0.25) is 4.79 Å². The van der Waals surface area contributed by atoms with Gasteiger partial charge in [-0.15, -0.1) is 0 Å². The lowest BCUT2D eigenvalue weighted by molar-refractivity contribution is -0.302. The lowest BCUT2D eigenvalue weighted by Gasteiger charge is -2.40. The van der Waals surface area contributed by atoms with Crippen LogP contribution in [0.5, 0.6) is 0 Å². The highest BCUT2D eigenvalue weighted by atomic mass is 16.7. The molecule has 0 bridgehead atoms. The van der Waals surface area contributed by atoms with Gasteiger partial charge in [-0.1, -0.05) is 248 Å². The summed E-state index contributed by atoms with van der Waals surface area (Å²) in [6, 6.07) is -0.714. The van der Waals surface area contributed by atoms with Gasteiger partial charge in [0.15, 0.2) is 6.29 Å². The van der Waals surface area contributed by atoms with Gasteiger partial charge in [0.25, 0.3) is 0 Å². The van der Waals surface area contributed by atoms with E-state index in [1.54, 1.807) is 0 Å². The number of hydrogen-bond donors (Lipinski definition) is 6. The molecule has 0 spiro atoms. The summed E-state index contributed by atoms with van der Waals surface area (Å²) in [5.74, 6) is -0.147. The van der Waals surface area contributed by atoms with E-state index in [1.807, 2.05) is 0 Å². The monoisotopic (exact) mass is 958 g/mol. The highest BCUT2D eigenvalue weighted by molar-refractivity contribution is 5.76. The van der Waals surface area contributed by atoms with Crippen molar-refractivity contribution in [2.75, 3.05) is 13.2 Å². The van der Waals surface area contributed by atoms with Crippen molar-refractivity contribution in [1.82, 2.24) is 5.32 Å². The molecule has 1 amide bonds. The van der Waals surface area contributed by atoms with Crippen molar-refractivity contribution in [2.45, 2.75) is 294 Å². The van der Waals surface area contributed by atoms with Gasteiger partial charge in [-0.05, 0) is 57.8 Å². The van der Waals surface area contributed by atoms with Crippen molar-refractivity contribution in [3.8, 4) is 0 Å². The average molecular weight is 959 g/mol. The van der Waals surface area contributed by atoms with Gasteiger partial charge in [0, 0.05) is 6.42 Å². The SMILES string of the molecule is CC/C=C\C/C=C\C/C=C\C/C=C\C/C=C\CCCCCCCCCCCCCCCCCCCCCCCCCC(=O)NC(COC1OC(CO)C(O)C(O)C1O)C(O)CCCCCCCC. The molecule has 1 heterocycles. The summed E-state index contributed by atoms with van der Waals surface area (Å²) >= 11 is 0. The van der Waals surface area contributed by atoms with E-state index in [1.165, 1.54) is 154 Å². The number of ether oxygens (including phenoxy) is 2. The second kappa shape index (κ2) is 48.5. The van der Waals surface area contributed by atoms with Crippen LogP contribution in [0, 0.1) is 0 Å². The highest BCUT2D eigenvalue weighted by Crippen LogP contribution is 2.23. The molecule has 1 aliphatic rings. The van der Waals surface area contributed by atoms with E-state index in [0.717, 1.165) is 70.6 Å². The molecule has 6 N–H and O–H groups in total. The lowest BCUT2D eigenvalue weighted by atomic mass is 9.99. The maximum atomic E-state index is 12.9. The second-order valence-corrected chi connectivity index (χ2v) is 19.7. The van der Waals surface area contributed by atoms with Crippen LogP contribution in [-0.2, 0) is 14.3 Å². The first-order chi connectivity index (χ1) is 33.3. The van der Waals surface area contributed by atoms with Crippen LogP contribution < -0.4 is 5.32 Å². The molecule has 0 radical (unpaired) electrons. The number of nitrogens with one attached hydrogen (secondary N) is 1. The fourth-order valence-corrected chi connectivity index (χ4v) is 8.90. The van der Waals surface area contributed by atoms with Gasteiger partial charge >= 0.3 is 0 Å². The fourth-order valence-electron chi connectivity index (χ4n) is 8.90. The molecule has 0 aromatic rings. The molecule has 1 aliphatic heterocycles. The molecule has 9 nitrogen and oxygen atoms in total. The Hall–Kier alpha value is -2.11. The van der Waals surface area contributed by atoms with Crippen LogP contribution in [0.3, 0.4) is 0 Å². The summed E-state index contributed by atoms with van der Waals surface area (Å²) in [6.45, 7) is 3.66. The number of allylic oxidation sites excluding steroid dienone is 10. The molecule has 0 aromatic carbocycles. The number of unbranched alkanes of at least 4 members (excludes halogenated alkanes) is 28. The third-order valence-electron chi connectivity index (χ3n) is 13.4. The van der Waals surface area contributed by atoms with Crippen molar-refractivity contribution in [1.29, 1.82) is 0 Å².